The molecule has 0 fully saturated rings. The van der Waals surface area contributed by atoms with E-state index >= 15 is 0 Å². The summed E-state index contributed by atoms with van der Waals surface area (Å²) in [5.74, 6) is 0. The summed E-state index contributed by atoms with van der Waals surface area (Å²) in [4.78, 5) is 0. The van der Waals surface area contributed by atoms with Gasteiger partial charge in [-0.25, -0.2) is 0 Å². The molecule has 1 aromatic carbocycles. The van der Waals surface area contributed by atoms with Gasteiger partial charge in [0.05, 0.1) is 6.61 Å². The topological polar surface area (TPSA) is 21.3 Å². The van der Waals surface area contributed by atoms with Crippen molar-refractivity contribution in [3.8, 4) is 0 Å². The number of halogens is 1. The molecule has 0 bridgehead atoms. The van der Waals surface area contributed by atoms with Crippen LogP contribution in [0, 0.1) is 0 Å². The minimum absolute atomic E-state index is 0.391. The van der Waals surface area contributed by atoms with Crippen LogP contribution in [0.5, 0.6) is 0 Å². The number of nitrogens with one attached hydrogen (secondary N) is 1. The average molecular weight is 286 g/mol. The number of benzene rings is 1. The van der Waals surface area contributed by atoms with E-state index in [2.05, 4.69) is 53.3 Å². The molecule has 1 aromatic rings. The number of rotatable bonds is 6. The lowest BCUT2D eigenvalue weighted by Gasteiger charge is -2.19. The maximum atomic E-state index is 5.11. The number of methoxy groups -OCH3 is 1. The smallest absolute Gasteiger partial charge is 0.0613 e. The molecule has 1 N–H and O–H groups in total. The van der Waals surface area contributed by atoms with Crippen LogP contribution in [0.4, 0.5) is 0 Å². The standard InChI is InChI=1S/C13H20BrNO/c1-10(15-11(2)9-16-3)8-12-6-4-5-7-13(12)14/h4-7,10-11,15H,8-9H2,1-3H3. The molecule has 1 rings (SSSR count). The zero-order valence-electron chi connectivity index (χ0n) is 10.2. The van der Waals surface area contributed by atoms with Gasteiger partial charge in [0, 0.05) is 23.7 Å². The summed E-state index contributed by atoms with van der Waals surface area (Å²) in [6.07, 6.45) is 1.02. The number of hydrogen-bond acceptors (Lipinski definition) is 2. The third-order valence-corrected chi connectivity index (χ3v) is 3.24. The Bertz CT molecular complexity index is 317. The predicted octanol–water partition coefficient (Wildman–Crippen LogP) is 3.00. The molecule has 90 valence electrons. The maximum absolute atomic E-state index is 5.11. The minimum Gasteiger partial charge on any atom is -0.383 e. The molecule has 0 aliphatic carbocycles. The van der Waals surface area contributed by atoms with Gasteiger partial charge < -0.3 is 10.1 Å². The molecule has 2 atom stereocenters. The summed E-state index contributed by atoms with van der Waals surface area (Å²) in [6, 6.07) is 9.19. The van der Waals surface area contributed by atoms with Gasteiger partial charge in [0.25, 0.3) is 0 Å². The van der Waals surface area contributed by atoms with E-state index in [4.69, 9.17) is 4.74 Å². The third kappa shape index (κ3) is 4.64. The van der Waals surface area contributed by atoms with Gasteiger partial charge in [-0.05, 0) is 31.9 Å². The molecular weight excluding hydrogens is 266 g/mol. The van der Waals surface area contributed by atoms with Crippen molar-refractivity contribution in [1.29, 1.82) is 0 Å². The summed E-state index contributed by atoms with van der Waals surface area (Å²) in [5, 5.41) is 3.51. The largest absolute Gasteiger partial charge is 0.383 e. The molecule has 2 nitrogen and oxygen atoms in total. The van der Waals surface area contributed by atoms with Crippen molar-refractivity contribution in [2.24, 2.45) is 0 Å². The molecule has 0 amide bonds. The molecule has 0 saturated carbocycles. The molecule has 0 radical (unpaired) electrons. The first-order valence-electron chi connectivity index (χ1n) is 5.62. The van der Waals surface area contributed by atoms with Gasteiger partial charge in [0.2, 0.25) is 0 Å². The van der Waals surface area contributed by atoms with Crippen LogP contribution in [0.15, 0.2) is 28.7 Å². The van der Waals surface area contributed by atoms with Gasteiger partial charge in [0.15, 0.2) is 0 Å². The van der Waals surface area contributed by atoms with Crippen LogP contribution in [-0.2, 0) is 11.2 Å². The van der Waals surface area contributed by atoms with E-state index in [0.29, 0.717) is 12.1 Å². The van der Waals surface area contributed by atoms with Crippen LogP contribution >= 0.6 is 15.9 Å². The second-order valence-electron chi connectivity index (χ2n) is 4.22. The molecule has 2 unspecified atom stereocenters. The Hall–Kier alpha value is -0.380. The second kappa shape index (κ2) is 7.05. The lowest BCUT2D eigenvalue weighted by atomic mass is 10.1. The lowest BCUT2D eigenvalue weighted by molar-refractivity contribution is 0.167. The van der Waals surface area contributed by atoms with Crippen molar-refractivity contribution in [1.82, 2.24) is 5.32 Å². The van der Waals surface area contributed by atoms with Crippen molar-refractivity contribution < 1.29 is 4.74 Å². The van der Waals surface area contributed by atoms with Crippen molar-refractivity contribution in [3.05, 3.63) is 34.3 Å². The summed E-state index contributed by atoms with van der Waals surface area (Å²) >= 11 is 3.57. The van der Waals surface area contributed by atoms with E-state index in [1.807, 2.05) is 6.07 Å². The van der Waals surface area contributed by atoms with Crippen LogP contribution < -0.4 is 5.32 Å². The Kier molecular flexibility index (Phi) is 6.03. The van der Waals surface area contributed by atoms with Gasteiger partial charge in [-0.3, -0.25) is 0 Å². The number of hydrogen-bond donors (Lipinski definition) is 1. The van der Waals surface area contributed by atoms with Crippen LogP contribution in [-0.4, -0.2) is 25.8 Å². The van der Waals surface area contributed by atoms with Crippen molar-refractivity contribution in [2.45, 2.75) is 32.4 Å². The average Bonchev–Trinajstić information content (AvgIpc) is 2.21. The Balaban J connectivity index is 2.45. The molecule has 0 saturated heterocycles. The van der Waals surface area contributed by atoms with E-state index in [0.717, 1.165) is 13.0 Å². The normalized spacial score (nSPS) is 14.8. The summed E-state index contributed by atoms with van der Waals surface area (Å²) in [6.45, 7) is 5.09. The van der Waals surface area contributed by atoms with Crippen LogP contribution in [0.3, 0.4) is 0 Å². The van der Waals surface area contributed by atoms with E-state index in [-0.39, 0.29) is 0 Å². The fourth-order valence-electron chi connectivity index (χ4n) is 1.84. The molecule has 3 heteroatoms. The van der Waals surface area contributed by atoms with Crippen LogP contribution in [0.2, 0.25) is 0 Å². The Morgan fingerprint density at radius 3 is 2.56 bits per heavy atom. The highest BCUT2D eigenvalue weighted by Crippen LogP contribution is 2.17. The first kappa shape index (κ1) is 13.7. The summed E-state index contributed by atoms with van der Waals surface area (Å²) < 4.78 is 6.29. The molecule has 16 heavy (non-hydrogen) atoms. The van der Waals surface area contributed by atoms with Crippen LogP contribution in [0.25, 0.3) is 0 Å². The monoisotopic (exact) mass is 285 g/mol. The first-order chi connectivity index (χ1) is 7.63. The van der Waals surface area contributed by atoms with Crippen molar-refractivity contribution >= 4 is 15.9 Å². The highest BCUT2D eigenvalue weighted by atomic mass is 79.9. The molecule has 0 aromatic heterocycles. The summed E-state index contributed by atoms with van der Waals surface area (Å²) in [5.41, 5.74) is 1.34. The second-order valence-corrected chi connectivity index (χ2v) is 5.07. The van der Waals surface area contributed by atoms with Crippen molar-refractivity contribution in [3.63, 3.8) is 0 Å². The zero-order valence-corrected chi connectivity index (χ0v) is 11.8. The predicted molar refractivity (Wildman–Crippen MR) is 71.8 cm³/mol. The fraction of sp³-hybridized carbons (Fsp3) is 0.538. The van der Waals surface area contributed by atoms with Gasteiger partial charge in [-0.1, -0.05) is 34.1 Å². The van der Waals surface area contributed by atoms with Gasteiger partial charge in [0.1, 0.15) is 0 Å². The fourth-order valence-corrected chi connectivity index (χ4v) is 2.28. The molecule has 0 heterocycles. The SMILES string of the molecule is COCC(C)NC(C)Cc1ccccc1Br. The zero-order chi connectivity index (χ0) is 12.0. The van der Waals surface area contributed by atoms with E-state index in [1.165, 1.54) is 10.0 Å². The van der Waals surface area contributed by atoms with E-state index in [1.54, 1.807) is 7.11 Å². The minimum atomic E-state index is 0.391. The van der Waals surface area contributed by atoms with E-state index in [9.17, 15) is 0 Å². The highest BCUT2D eigenvalue weighted by Gasteiger charge is 2.09. The van der Waals surface area contributed by atoms with E-state index < -0.39 is 0 Å². The van der Waals surface area contributed by atoms with Gasteiger partial charge in [-0.2, -0.15) is 0 Å². The summed E-state index contributed by atoms with van der Waals surface area (Å²) in [7, 11) is 1.73. The van der Waals surface area contributed by atoms with Gasteiger partial charge >= 0.3 is 0 Å². The van der Waals surface area contributed by atoms with Gasteiger partial charge in [-0.15, -0.1) is 0 Å². The Morgan fingerprint density at radius 2 is 1.94 bits per heavy atom. The molecule has 0 aliphatic heterocycles. The Morgan fingerprint density at radius 1 is 1.25 bits per heavy atom. The quantitative estimate of drug-likeness (QED) is 0.868. The molecular formula is C13H20BrNO. The lowest BCUT2D eigenvalue weighted by Crippen LogP contribution is -2.38. The maximum Gasteiger partial charge on any atom is 0.0613 e. The van der Waals surface area contributed by atoms with Crippen LogP contribution in [0.1, 0.15) is 19.4 Å². The third-order valence-electron chi connectivity index (χ3n) is 2.47. The first-order valence-corrected chi connectivity index (χ1v) is 6.41. The number of ether oxygens (including phenoxy) is 1. The van der Waals surface area contributed by atoms with Crippen molar-refractivity contribution in [2.75, 3.05) is 13.7 Å². The Labute approximate surface area is 107 Å². The highest BCUT2D eigenvalue weighted by molar-refractivity contribution is 9.10. The molecule has 0 aliphatic rings. The molecule has 0 spiro atoms.